The predicted octanol–water partition coefficient (Wildman–Crippen LogP) is 6.92. The van der Waals surface area contributed by atoms with E-state index < -0.39 is 0 Å². The molecule has 0 saturated heterocycles. The molecule has 1 aliphatic rings. The first kappa shape index (κ1) is 21.5. The smallest absolute Gasteiger partial charge is 0.215 e. The minimum Gasteiger partial charge on any atom is -0.493 e. The van der Waals surface area contributed by atoms with Crippen molar-refractivity contribution in [2.75, 3.05) is 0 Å². The number of hydrogen-bond donors (Lipinski definition) is 1. The van der Waals surface area contributed by atoms with Crippen LogP contribution in [0.1, 0.15) is 16.0 Å². The second kappa shape index (κ2) is 8.87. The zero-order valence-electron chi connectivity index (χ0n) is 17.1. The number of benzene rings is 3. The monoisotopic (exact) mass is 490 g/mol. The molecular formula is C26H16Cl2N2O2S. The Morgan fingerprint density at radius 1 is 0.879 bits per heavy atom. The summed E-state index contributed by atoms with van der Waals surface area (Å²) in [7, 11) is 0. The van der Waals surface area contributed by atoms with Gasteiger partial charge in [-0.15, -0.1) is 0 Å². The van der Waals surface area contributed by atoms with E-state index in [1.54, 1.807) is 71.3 Å². The van der Waals surface area contributed by atoms with Crippen LogP contribution in [0.2, 0.25) is 10.0 Å². The van der Waals surface area contributed by atoms with Crippen LogP contribution < -0.4 is 4.80 Å². The molecule has 0 atom stereocenters. The van der Waals surface area contributed by atoms with Gasteiger partial charge in [0.15, 0.2) is 10.6 Å². The van der Waals surface area contributed by atoms with Crippen molar-refractivity contribution in [3.63, 3.8) is 0 Å². The number of nitrogens with zero attached hydrogens (tertiary/aromatic N) is 2. The standard InChI is InChI=1S/C26H16Cl2N2O2S/c27-17-6-10-19(11-7-17)29-26-30(20-12-8-18(28)9-13-20)25(32)24(33-26)15-22-21-4-2-1-3-16(21)5-14-23(22)31/h1-15,32H. The zero-order valence-corrected chi connectivity index (χ0v) is 19.4. The van der Waals surface area contributed by atoms with Crippen LogP contribution in [0.25, 0.3) is 23.4 Å². The van der Waals surface area contributed by atoms with Gasteiger partial charge in [-0.2, -0.15) is 0 Å². The van der Waals surface area contributed by atoms with Gasteiger partial charge >= 0.3 is 0 Å². The van der Waals surface area contributed by atoms with Crippen LogP contribution in [-0.2, 0) is 4.79 Å². The maximum absolute atomic E-state index is 12.7. The molecule has 0 spiro atoms. The Morgan fingerprint density at radius 2 is 1.55 bits per heavy atom. The summed E-state index contributed by atoms with van der Waals surface area (Å²) >= 11 is 13.4. The van der Waals surface area contributed by atoms with E-state index in [1.807, 2.05) is 24.3 Å². The minimum atomic E-state index is -0.115. The quantitative estimate of drug-likeness (QED) is 0.316. The highest BCUT2D eigenvalue weighted by Crippen LogP contribution is 2.33. The first-order chi connectivity index (χ1) is 16.0. The molecule has 0 fully saturated rings. The fourth-order valence-corrected chi connectivity index (χ4v) is 4.80. The van der Waals surface area contributed by atoms with Gasteiger partial charge in [-0.25, -0.2) is 4.99 Å². The van der Waals surface area contributed by atoms with Gasteiger partial charge < -0.3 is 5.11 Å². The van der Waals surface area contributed by atoms with Crippen LogP contribution in [0.3, 0.4) is 0 Å². The van der Waals surface area contributed by atoms with E-state index in [1.165, 1.54) is 11.3 Å². The van der Waals surface area contributed by atoms with Crippen molar-refractivity contribution < 1.29 is 9.90 Å². The fourth-order valence-electron chi connectivity index (χ4n) is 3.56. The van der Waals surface area contributed by atoms with Crippen molar-refractivity contribution in [3.05, 3.63) is 110 Å². The third-order valence-corrected chi connectivity index (χ3v) is 6.65. The molecule has 0 radical (unpaired) electrons. The van der Waals surface area contributed by atoms with E-state index in [2.05, 4.69) is 0 Å². The molecule has 0 bridgehead atoms. The molecule has 1 aliphatic carbocycles. The number of rotatable bonds is 3. The highest BCUT2D eigenvalue weighted by Gasteiger charge is 2.20. The Bertz CT molecular complexity index is 1490. The first-order valence-corrected chi connectivity index (χ1v) is 11.6. The fraction of sp³-hybridized carbons (Fsp3) is 0. The molecule has 33 heavy (non-hydrogen) atoms. The lowest BCUT2D eigenvalue weighted by Crippen LogP contribution is -2.11. The lowest BCUT2D eigenvalue weighted by Gasteiger charge is -2.12. The normalized spacial score (nSPS) is 14.7. The molecule has 4 nitrogen and oxygen atoms in total. The van der Waals surface area contributed by atoms with E-state index in [9.17, 15) is 9.90 Å². The van der Waals surface area contributed by atoms with E-state index >= 15 is 0 Å². The van der Waals surface area contributed by atoms with Crippen LogP contribution in [0.15, 0.2) is 83.9 Å². The summed E-state index contributed by atoms with van der Waals surface area (Å²) in [5.74, 6) is -0.127. The van der Waals surface area contributed by atoms with Gasteiger partial charge in [-0.1, -0.05) is 64.9 Å². The van der Waals surface area contributed by atoms with Crippen LogP contribution in [0, 0.1) is 0 Å². The second-order valence-corrected chi connectivity index (χ2v) is 9.20. The average molecular weight is 491 g/mol. The first-order valence-electron chi connectivity index (χ1n) is 10.0. The molecule has 1 heterocycles. The molecule has 162 valence electrons. The van der Waals surface area contributed by atoms with Crippen LogP contribution >= 0.6 is 34.5 Å². The number of thiazole rings is 1. The van der Waals surface area contributed by atoms with E-state index in [0.717, 1.165) is 11.1 Å². The molecule has 0 amide bonds. The van der Waals surface area contributed by atoms with Gasteiger partial charge in [0.1, 0.15) is 0 Å². The minimum absolute atomic E-state index is 0.0117. The summed E-state index contributed by atoms with van der Waals surface area (Å²) in [5, 5.41) is 12.4. The summed E-state index contributed by atoms with van der Waals surface area (Å²) in [4.78, 5) is 18.5. The molecule has 5 rings (SSSR count). The SMILES string of the molecule is O=C1C=Cc2ccccc2C1=Cc1sc(=Nc2ccc(Cl)cc2)n(-c2ccc(Cl)cc2)c1O. The molecular weight excluding hydrogens is 475 g/mol. The number of aromatic hydroxyl groups is 1. The number of fused-ring (bicyclic) bond motifs is 1. The molecule has 3 aromatic carbocycles. The molecule has 0 saturated carbocycles. The summed E-state index contributed by atoms with van der Waals surface area (Å²) < 4.78 is 1.64. The predicted molar refractivity (Wildman–Crippen MR) is 135 cm³/mol. The Kier molecular flexibility index (Phi) is 5.77. The molecule has 1 aromatic heterocycles. The molecule has 1 N–H and O–H groups in total. The summed E-state index contributed by atoms with van der Waals surface area (Å²) in [5.41, 5.74) is 3.68. The van der Waals surface area contributed by atoms with Crippen molar-refractivity contribution in [2.45, 2.75) is 0 Å². The van der Waals surface area contributed by atoms with Crippen molar-refractivity contribution in [1.29, 1.82) is 0 Å². The van der Waals surface area contributed by atoms with Gasteiger partial charge in [0.2, 0.25) is 5.88 Å². The van der Waals surface area contributed by atoms with Gasteiger partial charge in [-0.05, 0) is 71.8 Å². The number of hydrogen-bond acceptors (Lipinski definition) is 4. The number of halogens is 2. The zero-order chi connectivity index (χ0) is 22.9. The summed E-state index contributed by atoms with van der Waals surface area (Å²) in [6.45, 7) is 0. The highest BCUT2D eigenvalue weighted by atomic mass is 35.5. The van der Waals surface area contributed by atoms with E-state index in [4.69, 9.17) is 28.2 Å². The largest absolute Gasteiger partial charge is 0.493 e. The summed E-state index contributed by atoms with van der Waals surface area (Å²) in [6, 6.07) is 21.9. The number of ketones is 1. The topological polar surface area (TPSA) is 54.6 Å². The molecule has 4 aromatic rings. The Morgan fingerprint density at radius 3 is 2.27 bits per heavy atom. The third kappa shape index (κ3) is 4.31. The van der Waals surface area contributed by atoms with Crippen molar-refractivity contribution >= 4 is 63.7 Å². The highest BCUT2D eigenvalue weighted by molar-refractivity contribution is 7.10. The van der Waals surface area contributed by atoms with Gasteiger partial charge in [-0.3, -0.25) is 9.36 Å². The van der Waals surface area contributed by atoms with Gasteiger partial charge in [0, 0.05) is 15.6 Å². The Balaban J connectivity index is 1.72. The Hall–Kier alpha value is -3.38. The van der Waals surface area contributed by atoms with E-state index in [0.29, 0.717) is 36.7 Å². The van der Waals surface area contributed by atoms with Crippen molar-refractivity contribution in [3.8, 4) is 11.6 Å². The Labute approximate surface area is 204 Å². The van der Waals surface area contributed by atoms with Crippen LogP contribution in [0.5, 0.6) is 5.88 Å². The summed E-state index contributed by atoms with van der Waals surface area (Å²) in [6.07, 6.45) is 5.07. The van der Waals surface area contributed by atoms with Gasteiger partial charge in [0.05, 0.1) is 16.3 Å². The number of allylic oxidation sites excluding steroid dienone is 2. The maximum Gasteiger partial charge on any atom is 0.215 e. The van der Waals surface area contributed by atoms with Crippen molar-refractivity contribution in [2.24, 2.45) is 4.99 Å². The number of carbonyl (C=O) groups is 1. The van der Waals surface area contributed by atoms with Crippen LogP contribution in [-0.4, -0.2) is 15.5 Å². The molecule has 7 heteroatoms. The lowest BCUT2D eigenvalue weighted by molar-refractivity contribution is -0.109. The lowest BCUT2D eigenvalue weighted by atomic mass is 9.91. The maximum atomic E-state index is 12.7. The number of aromatic nitrogens is 1. The van der Waals surface area contributed by atoms with Crippen molar-refractivity contribution in [1.82, 2.24) is 4.57 Å². The van der Waals surface area contributed by atoms with Gasteiger partial charge in [0.25, 0.3) is 0 Å². The van der Waals surface area contributed by atoms with E-state index in [-0.39, 0.29) is 11.7 Å². The average Bonchev–Trinajstić information content (AvgIpc) is 3.12. The second-order valence-electron chi connectivity index (χ2n) is 7.32. The molecule has 0 unspecified atom stereocenters. The van der Waals surface area contributed by atoms with Crippen LogP contribution in [0.4, 0.5) is 5.69 Å². The molecule has 0 aliphatic heterocycles. The third-order valence-electron chi connectivity index (χ3n) is 5.17. The number of carbonyl (C=O) groups excluding carboxylic acids is 1.